The number of ether oxygens (including phenoxy) is 2. The number of nitrogens with one attached hydrogen (secondary N) is 3. The molecule has 9 nitrogen and oxygen atoms in total. The molecule has 3 N–H and O–H groups in total. The summed E-state index contributed by atoms with van der Waals surface area (Å²) in [7, 11) is 0.605. The van der Waals surface area contributed by atoms with Gasteiger partial charge in [-0.1, -0.05) is 26.0 Å². The zero-order chi connectivity index (χ0) is 30.5. The fraction of sp³-hybridized carbons (Fsp3) is 0.455. The number of aromatic amines is 1. The molecule has 5 rings (SSSR count). The summed E-state index contributed by atoms with van der Waals surface area (Å²) in [5.74, 6) is 2.34. The van der Waals surface area contributed by atoms with Crippen molar-refractivity contribution in [2.24, 2.45) is 0 Å². The Bertz CT molecular complexity index is 1560. The predicted octanol–water partition coefficient (Wildman–Crippen LogP) is 6.88. The van der Waals surface area contributed by atoms with Crippen LogP contribution in [0.15, 0.2) is 53.6 Å². The van der Waals surface area contributed by atoms with Crippen molar-refractivity contribution < 1.29 is 13.7 Å². The number of aryl methyl sites for hydroxylation is 1. The van der Waals surface area contributed by atoms with Gasteiger partial charge < -0.3 is 30.0 Å². The second-order valence-corrected chi connectivity index (χ2v) is 13.7. The molecule has 1 saturated heterocycles. The summed E-state index contributed by atoms with van der Waals surface area (Å²) in [5, 5.41) is 7.73. The second-order valence-electron chi connectivity index (χ2n) is 11.7. The van der Waals surface area contributed by atoms with Crippen LogP contribution in [0.5, 0.6) is 5.75 Å². The van der Waals surface area contributed by atoms with Crippen LogP contribution < -0.4 is 15.4 Å². The molecule has 0 radical (unpaired) electrons. The van der Waals surface area contributed by atoms with Gasteiger partial charge in [-0.15, -0.1) is 0 Å². The van der Waals surface area contributed by atoms with Gasteiger partial charge in [0.2, 0.25) is 5.95 Å². The number of likely N-dealkylation sites (tertiary alicyclic amines) is 1. The summed E-state index contributed by atoms with van der Waals surface area (Å²) < 4.78 is 24.6. The van der Waals surface area contributed by atoms with Crippen molar-refractivity contribution in [1.29, 1.82) is 0 Å². The van der Waals surface area contributed by atoms with Crippen molar-refractivity contribution in [3.8, 4) is 5.75 Å². The number of piperidine rings is 1. The second kappa shape index (κ2) is 13.9. The van der Waals surface area contributed by atoms with Gasteiger partial charge in [-0.25, -0.2) is 0 Å². The fourth-order valence-corrected chi connectivity index (χ4v) is 6.68. The number of H-pyrrole nitrogens is 1. The van der Waals surface area contributed by atoms with Crippen molar-refractivity contribution in [3.63, 3.8) is 0 Å². The highest BCUT2D eigenvalue weighted by Gasteiger charge is 2.24. The first-order valence-corrected chi connectivity index (χ1v) is 16.4. The van der Waals surface area contributed by atoms with Crippen LogP contribution in [0.25, 0.3) is 11.0 Å². The van der Waals surface area contributed by atoms with Crippen LogP contribution >= 0.6 is 0 Å². The average molecular weight is 605 g/mol. The maximum atomic E-state index is 13.0. The molecule has 230 valence electrons. The molecule has 0 spiro atoms. The smallest absolute Gasteiger partial charge is 0.231 e. The molecule has 2 aromatic heterocycles. The van der Waals surface area contributed by atoms with Crippen molar-refractivity contribution in [2.75, 3.05) is 44.0 Å². The largest absolute Gasteiger partial charge is 0.489 e. The van der Waals surface area contributed by atoms with Crippen LogP contribution in [0, 0.1) is 6.92 Å². The Labute approximate surface area is 257 Å². The van der Waals surface area contributed by atoms with Crippen LogP contribution in [0.2, 0.25) is 0 Å². The van der Waals surface area contributed by atoms with E-state index < -0.39 is 10.8 Å². The molecule has 0 amide bonds. The average Bonchev–Trinajstić information content (AvgIpc) is 3.46. The number of hydrogen-bond donors (Lipinski definition) is 3. The van der Waals surface area contributed by atoms with Crippen LogP contribution in [0.1, 0.15) is 57.6 Å². The lowest BCUT2D eigenvalue weighted by Crippen LogP contribution is -2.35. The van der Waals surface area contributed by atoms with E-state index in [-0.39, 0.29) is 11.4 Å². The van der Waals surface area contributed by atoms with Crippen molar-refractivity contribution in [3.05, 3.63) is 59.8 Å². The molecular formula is C33H44N6O3S. The number of aromatic nitrogens is 3. The molecule has 1 aliphatic rings. The van der Waals surface area contributed by atoms with Crippen molar-refractivity contribution >= 4 is 45.0 Å². The van der Waals surface area contributed by atoms with Crippen LogP contribution in [-0.2, 0) is 15.5 Å². The number of fused-ring (bicyclic) bond motifs is 1. The molecule has 2 aromatic carbocycles. The van der Waals surface area contributed by atoms with Crippen LogP contribution in [0.3, 0.4) is 0 Å². The number of rotatable bonds is 12. The Kier molecular flexibility index (Phi) is 10.00. The highest BCUT2D eigenvalue weighted by molar-refractivity contribution is 7.85. The molecule has 1 fully saturated rings. The first-order valence-electron chi connectivity index (χ1n) is 15.1. The normalized spacial score (nSPS) is 15.3. The van der Waals surface area contributed by atoms with Gasteiger partial charge in [0, 0.05) is 25.1 Å². The molecule has 43 heavy (non-hydrogen) atoms. The Morgan fingerprint density at radius 3 is 2.53 bits per heavy atom. The number of nitrogens with zero attached hydrogens (tertiary/aromatic N) is 3. The first-order chi connectivity index (χ1) is 20.7. The Balaban J connectivity index is 1.44. The predicted molar refractivity (Wildman–Crippen MR) is 176 cm³/mol. The minimum absolute atomic E-state index is 0.00773. The molecular weight excluding hydrogens is 560 g/mol. The van der Waals surface area contributed by atoms with E-state index in [0.29, 0.717) is 23.3 Å². The standard InChI is InChI=1S/C33H44N6O3S/c1-21(2)42-29-20-26(24-12-15-39(16-13-24)17-18-41-6)23(5)19-28(29)36-33-37-31-25(11-14-34-31)32(38-33)35-27-9-7-8-10-30(27)43(40)22(3)4/h7-11,14,19-22,24H,12-13,15-18H2,1-6H3,(H3,34,35,36,37,38). The van der Waals surface area contributed by atoms with E-state index in [1.54, 1.807) is 7.11 Å². The molecule has 3 heterocycles. The number of methoxy groups -OCH3 is 1. The van der Waals surface area contributed by atoms with E-state index in [1.165, 1.54) is 11.1 Å². The monoisotopic (exact) mass is 604 g/mol. The molecule has 10 heteroatoms. The quantitative estimate of drug-likeness (QED) is 0.161. The molecule has 1 atom stereocenters. The molecule has 0 bridgehead atoms. The maximum absolute atomic E-state index is 13.0. The van der Waals surface area contributed by atoms with Crippen LogP contribution in [-0.4, -0.2) is 68.8 Å². The van der Waals surface area contributed by atoms with E-state index in [1.807, 2.05) is 64.2 Å². The molecule has 4 aromatic rings. The number of benzene rings is 2. The zero-order valence-corrected chi connectivity index (χ0v) is 26.9. The number of para-hydroxylation sites is 1. The van der Waals surface area contributed by atoms with Gasteiger partial charge in [-0.3, -0.25) is 4.21 Å². The summed E-state index contributed by atoms with van der Waals surface area (Å²) in [6.45, 7) is 14.1. The molecule has 1 aliphatic heterocycles. The highest BCUT2D eigenvalue weighted by Crippen LogP contribution is 2.38. The number of anilines is 4. The zero-order valence-electron chi connectivity index (χ0n) is 26.1. The van der Waals surface area contributed by atoms with E-state index >= 15 is 0 Å². The lowest BCUT2D eigenvalue weighted by atomic mass is 9.86. The van der Waals surface area contributed by atoms with E-state index in [2.05, 4.69) is 39.6 Å². The third kappa shape index (κ3) is 7.37. The summed E-state index contributed by atoms with van der Waals surface area (Å²) in [6, 6.07) is 14.0. The maximum Gasteiger partial charge on any atom is 0.231 e. The summed E-state index contributed by atoms with van der Waals surface area (Å²) in [5.41, 5.74) is 4.84. The fourth-order valence-electron chi connectivity index (χ4n) is 5.62. The lowest BCUT2D eigenvalue weighted by Gasteiger charge is -2.33. The number of hydrogen-bond acceptors (Lipinski definition) is 8. The SMILES string of the molecule is COCCN1CCC(c2cc(OC(C)C)c(Nc3nc(Nc4ccccc4S(=O)C(C)C)c4cc[nH]c4n3)cc2C)CC1. The molecule has 0 saturated carbocycles. The van der Waals surface area contributed by atoms with Gasteiger partial charge in [-0.05, 0) is 94.1 Å². The van der Waals surface area contributed by atoms with Gasteiger partial charge in [0.15, 0.2) is 0 Å². The summed E-state index contributed by atoms with van der Waals surface area (Å²) >= 11 is 0. The van der Waals surface area contributed by atoms with Gasteiger partial charge in [0.1, 0.15) is 17.2 Å². The van der Waals surface area contributed by atoms with Gasteiger partial charge >= 0.3 is 0 Å². The Morgan fingerprint density at radius 1 is 1.05 bits per heavy atom. The van der Waals surface area contributed by atoms with E-state index in [9.17, 15) is 4.21 Å². The summed E-state index contributed by atoms with van der Waals surface area (Å²) in [6.07, 6.45) is 4.08. The van der Waals surface area contributed by atoms with Crippen molar-refractivity contribution in [2.45, 2.75) is 69.6 Å². The minimum Gasteiger partial charge on any atom is -0.489 e. The summed E-state index contributed by atoms with van der Waals surface area (Å²) in [4.78, 5) is 16.1. The minimum atomic E-state index is -1.16. The molecule has 0 aliphatic carbocycles. The lowest BCUT2D eigenvalue weighted by molar-refractivity contribution is 0.130. The van der Waals surface area contributed by atoms with Gasteiger partial charge in [0.05, 0.1) is 45.2 Å². The van der Waals surface area contributed by atoms with Gasteiger partial charge in [-0.2, -0.15) is 9.97 Å². The first kappa shape index (κ1) is 31.0. The molecule has 1 unspecified atom stereocenters. The van der Waals surface area contributed by atoms with E-state index in [4.69, 9.17) is 19.4 Å². The van der Waals surface area contributed by atoms with Gasteiger partial charge in [0.25, 0.3) is 0 Å². The Morgan fingerprint density at radius 2 is 1.81 bits per heavy atom. The Hall–Kier alpha value is -3.47. The van der Waals surface area contributed by atoms with Crippen LogP contribution in [0.4, 0.5) is 23.1 Å². The highest BCUT2D eigenvalue weighted by atomic mass is 32.2. The topological polar surface area (TPSA) is 104 Å². The van der Waals surface area contributed by atoms with Crippen molar-refractivity contribution in [1.82, 2.24) is 19.9 Å². The van der Waals surface area contributed by atoms with E-state index in [0.717, 1.165) is 66.5 Å². The third-order valence-corrected chi connectivity index (χ3v) is 9.46. The third-order valence-electron chi connectivity index (χ3n) is 7.82.